The number of hydrogen-bond donors (Lipinski definition) is 13. The molecule has 1 aliphatic rings. The van der Waals surface area contributed by atoms with Crippen LogP contribution in [-0.4, -0.2) is 109 Å². The van der Waals surface area contributed by atoms with Gasteiger partial charge in [-0.3, -0.25) is 10.5 Å². The molecule has 1 aliphatic heterocycles. The molecule has 0 spiro atoms. The molecular formula is C11H23NO14. The molecule has 0 aromatic rings. The molecule has 0 amide bonds. The van der Waals surface area contributed by atoms with Crippen molar-refractivity contribution < 1.29 is 70.8 Å². The van der Waals surface area contributed by atoms with Crippen LogP contribution in [0, 0.1) is 0 Å². The van der Waals surface area contributed by atoms with Crippen LogP contribution < -0.4 is 5.73 Å². The average molecular weight is 393 g/mol. The summed E-state index contributed by atoms with van der Waals surface area (Å²) in [5, 5.41) is 114. The van der Waals surface area contributed by atoms with Crippen molar-refractivity contribution >= 4 is 0 Å². The van der Waals surface area contributed by atoms with Crippen molar-refractivity contribution in [2.45, 2.75) is 60.6 Å². The van der Waals surface area contributed by atoms with Gasteiger partial charge in [0.1, 0.15) is 0 Å². The van der Waals surface area contributed by atoms with Crippen LogP contribution in [0.3, 0.4) is 0 Å². The molecule has 15 nitrogen and oxygen atoms in total. The third-order valence-corrected chi connectivity index (χ3v) is 3.86. The molecule has 1 atom stereocenters. The van der Waals surface area contributed by atoms with E-state index in [0.29, 0.717) is 12.8 Å². The molecule has 0 aliphatic carbocycles. The SMILES string of the molecule is NC(O)(O)C(O)(O)C(O)(O)C(O)(O)C(O)(O)C(O)(O)OC1CCCCO1. The van der Waals surface area contributed by atoms with Gasteiger partial charge in [0, 0.05) is 6.61 Å². The third-order valence-electron chi connectivity index (χ3n) is 3.86. The van der Waals surface area contributed by atoms with Crippen molar-refractivity contribution in [1.29, 1.82) is 0 Å². The Morgan fingerprint density at radius 1 is 0.692 bits per heavy atom. The third kappa shape index (κ3) is 3.56. The van der Waals surface area contributed by atoms with E-state index in [1.54, 1.807) is 0 Å². The topological polar surface area (TPSA) is 287 Å². The number of hydrogen-bond acceptors (Lipinski definition) is 15. The summed E-state index contributed by atoms with van der Waals surface area (Å²) in [4.78, 5) is 0. The second-order valence-electron chi connectivity index (χ2n) is 5.94. The fourth-order valence-corrected chi connectivity index (χ4v) is 2.04. The highest BCUT2D eigenvalue weighted by molar-refractivity contribution is 5.06. The Labute approximate surface area is 144 Å². The van der Waals surface area contributed by atoms with Crippen molar-refractivity contribution in [1.82, 2.24) is 0 Å². The van der Waals surface area contributed by atoms with Gasteiger partial charge in [-0.1, -0.05) is 0 Å². The number of ether oxygens (including phenoxy) is 2. The van der Waals surface area contributed by atoms with Gasteiger partial charge in [-0.15, -0.1) is 0 Å². The Kier molecular flexibility index (Phi) is 6.11. The van der Waals surface area contributed by atoms with Crippen molar-refractivity contribution in [3.05, 3.63) is 0 Å². The van der Waals surface area contributed by atoms with E-state index in [2.05, 4.69) is 10.5 Å². The summed E-state index contributed by atoms with van der Waals surface area (Å²) in [6, 6.07) is 0. The van der Waals surface area contributed by atoms with E-state index in [9.17, 15) is 51.1 Å². The van der Waals surface area contributed by atoms with E-state index in [4.69, 9.17) is 14.9 Å². The molecule has 0 aromatic heterocycles. The maximum Gasteiger partial charge on any atom is 0.343 e. The molecule has 0 aromatic carbocycles. The van der Waals surface area contributed by atoms with E-state index < -0.39 is 41.3 Å². The maximum absolute atomic E-state index is 9.69. The highest BCUT2D eigenvalue weighted by Gasteiger charge is 2.80. The van der Waals surface area contributed by atoms with Gasteiger partial charge in [0.2, 0.25) is 0 Å². The van der Waals surface area contributed by atoms with Gasteiger partial charge < -0.3 is 66.0 Å². The smallest absolute Gasteiger partial charge is 0.343 e. The summed E-state index contributed by atoms with van der Waals surface area (Å²) >= 11 is 0. The number of rotatable bonds is 7. The molecule has 1 saturated heterocycles. The quantitative estimate of drug-likeness (QED) is 0.179. The van der Waals surface area contributed by atoms with Gasteiger partial charge in [-0.25, -0.2) is 0 Å². The zero-order valence-corrected chi connectivity index (χ0v) is 13.2. The van der Waals surface area contributed by atoms with Crippen LogP contribution in [0.5, 0.6) is 0 Å². The minimum atomic E-state index is -5.14. The van der Waals surface area contributed by atoms with Gasteiger partial charge in [-0.05, 0) is 19.3 Å². The first-order chi connectivity index (χ1) is 11.3. The Bertz CT molecular complexity index is 490. The molecule has 26 heavy (non-hydrogen) atoms. The van der Waals surface area contributed by atoms with Crippen molar-refractivity contribution in [3.8, 4) is 0 Å². The van der Waals surface area contributed by atoms with Gasteiger partial charge >= 0.3 is 11.8 Å². The Morgan fingerprint density at radius 3 is 1.54 bits per heavy atom. The van der Waals surface area contributed by atoms with Gasteiger partial charge in [0.25, 0.3) is 23.3 Å². The fourth-order valence-electron chi connectivity index (χ4n) is 2.04. The van der Waals surface area contributed by atoms with Crippen LogP contribution >= 0.6 is 0 Å². The first kappa shape index (κ1) is 23.4. The average Bonchev–Trinajstić information content (AvgIpc) is 2.45. The van der Waals surface area contributed by atoms with Gasteiger partial charge in [0.05, 0.1) is 0 Å². The molecule has 1 heterocycles. The lowest BCUT2D eigenvalue weighted by Gasteiger charge is -2.51. The first-order valence-corrected chi connectivity index (χ1v) is 7.09. The van der Waals surface area contributed by atoms with Crippen LogP contribution in [-0.2, 0) is 9.47 Å². The number of aliphatic hydroxyl groups is 12. The first-order valence-electron chi connectivity index (χ1n) is 7.09. The molecule has 14 N–H and O–H groups in total. The second-order valence-corrected chi connectivity index (χ2v) is 5.94. The molecule has 0 radical (unpaired) electrons. The highest BCUT2D eigenvalue weighted by atomic mass is 16.9. The van der Waals surface area contributed by atoms with Crippen LogP contribution in [0.15, 0.2) is 0 Å². The van der Waals surface area contributed by atoms with Crippen LogP contribution in [0.2, 0.25) is 0 Å². The predicted molar refractivity (Wildman–Crippen MR) is 71.9 cm³/mol. The Morgan fingerprint density at radius 2 is 1.15 bits per heavy atom. The summed E-state index contributed by atoms with van der Waals surface area (Å²) in [5.41, 5.74) is 4.43. The molecule has 15 heteroatoms. The summed E-state index contributed by atoms with van der Waals surface area (Å²) < 4.78 is 9.23. The molecule has 156 valence electrons. The van der Waals surface area contributed by atoms with E-state index >= 15 is 0 Å². The Hall–Kier alpha value is -0.600. The zero-order chi connectivity index (χ0) is 20.8. The van der Waals surface area contributed by atoms with Gasteiger partial charge in [-0.2, -0.15) is 0 Å². The van der Waals surface area contributed by atoms with Crippen LogP contribution in [0.4, 0.5) is 0 Å². The van der Waals surface area contributed by atoms with E-state index in [0.717, 1.165) is 0 Å². The lowest BCUT2D eigenvalue weighted by molar-refractivity contribution is -0.589. The van der Waals surface area contributed by atoms with Crippen LogP contribution in [0.25, 0.3) is 0 Å². The van der Waals surface area contributed by atoms with Crippen molar-refractivity contribution in [2.75, 3.05) is 6.61 Å². The standard InChI is InChI=1S/C11H23NO14/c12-10(21,22)8(17,18)6(13,14)7(15,16)9(19,20)11(23,24)26-5-3-1-2-4-25-5/h5,13-24H,1-4,12H2. The lowest BCUT2D eigenvalue weighted by Crippen LogP contribution is -2.86. The van der Waals surface area contributed by atoms with Gasteiger partial charge in [0.15, 0.2) is 6.29 Å². The largest absolute Gasteiger partial charge is 0.357 e. The Balaban J connectivity index is 3.24. The van der Waals surface area contributed by atoms with Crippen molar-refractivity contribution in [2.24, 2.45) is 5.73 Å². The fraction of sp³-hybridized carbons (Fsp3) is 1.00. The lowest BCUT2D eigenvalue weighted by atomic mass is 9.86. The van der Waals surface area contributed by atoms with E-state index in [-0.39, 0.29) is 13.0 Å². The molecule has 0 saturated carbocycles. The molecule has 0 bridgehead atoms. The number of nitrogens with two attached hydrogens (primary N) is 1. The second kappa shape index (κ2) is 6.78. The maximum atomic E-state index is 9.69. The summed E-state index contributed by atoms with van der Waals surface area (Å²) in [5.74, 6) is -28.9. The molecule has 1 fully saturated rings. The minimum Gasteiger partial charge on any atom is -0.357 e. The van der Waals surface area contributed by atoms with E-state index in [1.165, 1.54) is 0 Å². The molecule has 1 rings (SSSR count). The highest BCUT2D eigenvalue weighted by Crippen LogP contribution is 2.42. The molecule has 1 unspecified atom stereocenters. The van der Waals surface area contributed by atoms with E-state index in [1.807, 2.05) is 0 Å². The zero-order valence-electron chi connectivity index (χ0n) is 13.2. The normalized spacial score (nSPS) is 21.8. The van der Waals surface area contributed by atoms with Crippen LogP contribution in [0.1, 0.15) is 19.3 Å². The molecular weight excluding hydrogens is 370 g/mol. The summed E-state index contributed by atoms with van der Waals surface area (Å²) in [6.07, 6.45) is -0.553. The summed E-state index contributed by atoms with van der Waals surface area (Å²) in [6.45, 7) is 0.0546. The summed E-state index contributed by atoms with van der Waals surface area (Å²) in [7, 11) is 0. The predicted octanol–water partition coefficient (Wildman–Crippen LogP) is -7.51. The van der Waals surface area contributed by atoms with Crippen molar-refractivity contribution in [3.63, 3.8) is 0 Å². The monoisotopic (exact) mass is 393 g/mol. The minimum absolute atomic E-state index is 0.0185.